The van der Waals surface area contributed by atoms with Crippen molar-refractivity contribution in [3.63, 3.8) is 0 Å². The first kappa shape index (κ1) is 13.8. The van der Waals surface area contributed by atoms with Gasteiger partial charge in [-0.25, -0.2) is 0 Å². The Morgan fingerprint density at radius 2 is 2.06 bits per heavy atom. The molecule has 1 amide bonds. The van der Waals surface area contributed by atoms with E-state index in [0.29, 0.717) is 24.4 Å². The lowest BCUT2D eigenvalue weighted by Crippen LogP contribution is -2.47. The molecule has 2 rings (SSSR count). The van der Waals surface area contributed by atoms with Crippen molar-refractivity contribution in [1.29, 1.82) is 0 Å². The quantitative estimate of drug-likeness (QED) is 0.809. The normalized spacial score (nSPS) is 29.8. The van der Waals surface area contributed by atoms with Crippen LogP contribution in [-0.4, -0.2) is 61.5 Å². The summed E-state index contributed by atoms with van der Waals surface area (Å²) in [6, 6.07) is 0.590. The summed E-state index contributed by atoms with van der Waals surface area (Å²) in [7, 11) is 1.99. The highest BCUT2D eigenvalue weighted by molar-refractivity contribution is 5.78. The monoisotopic (exact) mass is 253 g/mol. The van der Waals surface area contributed by atoms with Gasteiger partial charge in [-0.1, -0.05) is 0 Å². The van der Waals surface area contributed by atoms with Crippen molar-refractivity contribution in [2.75, 3.05) is 39.8 Å². The van der Waals surface area contributed by atoms with Gasteiger partial charge in [-0.2, -0.15) is 0 Å². The van der Waals surface area contributed by atoms with E-state index in [1.54, 1.807) is 0 Å². The number of rotatable bonds is 4. The molecule has 0 aromatic rings. The van der Waals surface area contributed by atoms with Gasteiger partial charge in [-0.05, 0) is 58.7 Å². The fourth-order valence-corrected chi connectivity index (χ4v) is 3.25. The second kappa shape index (κ2) is 6.53. The molecule has 4 heteroatoms. The lowest BCUT2D eigenvalue weighted by Gasteiger charge is -2.34. The number of hydrogen-bond acceptors (Lipinski definition) is 3. The molecule has 2 aliphatic heterocycles. The highest BCUT2D eigenvalue weighted by Crippen LogP contribution is 2.19. The highest BCUT2D eigenvalue weighted by atomic mass is 16.2. The fourth-order valence-electron chi connectivity index (χ4n) is 3.25. The maximum atomic E-state index is 12.3. The summed E-state index contributed by atoms with van der Waals surface area (Å²) in [5, 5.41) is 3.23. The largest absolute Gasteiger partial charge is 0.341 e. The third kappa shape index (κ3) is 3.45. The first-order valence-corrected chi connectivity index (χ1v) is 7.37. The number of amides is 1. The Bertz CT molecular complexity index is 280. The molecule has 1 N–H and O–H groups in total. The van der Waals surface area contributed by atoms with Gasteiger partial charge >= 0.3 is 0 Å². The van der Waals surface area contributed by atoms with Crippen molar-refractivity contribution in [3.05, 3.63) is 0 Å². The van der Waals surface area contributed by atoms with E-state index in [1.165, 1.54) is 19.3 Å². The van der Waals surface area contributed by atoms with Crippen LogP contribution in [0.4, 0.5) is 0 Å². The van der Waals surface area contributed by atoms with Crippen molar-refractivity contribution in [1.82, 2.24) is 15.1 Å². The Kier molecular flexibility index (Phi) is 5.01. The molecular formula is C14H27N3O. The zero-order valence-electron chi connectivity index (χ0n) is 11.8. The first-order valence-electron chi connectivity index (χ1n) is 7.37. The van der Waals surface area contributed by atoms with Crippen LogP contribution >= 0.6 is 0 Å². The fraction of sp³-hybridized carbons (Fsp3) is 0.929. The summed E-state index contributed by atoms with van der Waals surface area (Å²) in [5.41, 5.74) is 0. The molecule has 0 spiro atoms. The molecule has 2 saturated heterocycles. The smallest absolute Gasteiger partial charge is 0.236 e. The molecule has 0 aromatic carbocycles. The molecule has 2 heterocycles. The van der Waals surface area contributed by atoms with Crippen molar-refractivity contribution in [3.8, 4) is 0 Å². The van der Waals surface area contributed by atoms with Crippen molar-refractivity contribution in [2.24, 2.45) is 5.92 Å². The van der Waals surface area contributed by atoms with Gasteiger partial charge in [0.1, 0.15) is 0 Å². The van der Waals surface area contributed by atoms with Crippen LogP contribution in [0, 0.1) is 5.92 Å². The number of nitrogens with one attached hydrogen (secondary N) is 1. The number of piperidine rings is 1. The summed E-state index contributed by atoms with van der Waals surface area (Å²) in [5.74, 6) is 0.980. The van der Waals surface area contributed by atoms with E-state index >= 15 is 0 Å². The maximum absolute atomic E-state index is 12.3. The van der Waals surface area contributed by atoms with Gasteiger partial charge in [0.05, 0.1) is 6.54 Å². The summed E-state index contributed by atoms with van der Waals surface area (Å²) >= 11 is 0. The second-order valence-corrected chi connectivity index (χ2v) is 5.87. The number of carbonyl (C=O) groups excluding carboxylic acids is 1. The van der Waals surface area contributed by atoms with Crippen LogP contribution in [0.2, 0.25) is 0 Å². The Balaban J connectivity index is 1.80. The van der Waals surface area contributed by atoms with Crippen molar-refractivity contribution < 1.29 is 4.79 Å². The van der Waals surface area contributed by atoms with Gasteiger partial charge in [-0.3, -0.25) is 9.69 Å². The summed E-state index contributed by atoms with van der Waals surface area (Å²) in [6.45, 7) is 6.90. The van der Waals surface area contributed by atoms with Crippen LogP contribution in [0.1, 0.15) is 32.6 Å². The molecule has 0 bridgehead atoms. The van der Waals surface area contributed by atoms with Gasteiger partial charge in [0.2, 0.25) is 5.91 Å². The molecule has 2 unspecified atom stereocenters. The van der Waals surface area contributed by atoms with Crippen molar-refractivity contribution in [2.45, 2.75) is 38.6 Å². The molecule has 0 radical (unpaired) electrons. The molecule has 2 atom stereocenters. The Hall–Kier alpha value is -0.610. The minimum Gasteiger partial charge on any atom is -0.341 e. The highest BCUT2D eigenvalue weighted by Gasteiger charge is 2.27. The maximum Gasteiger partial charge on any atom is 0.236 e. The van der Waals surface area contributed by atoms with E-state index in [0.717, 1.165) is 32.6 Å². The number of nitrogens with zero attached hydrogens (tertiary/aromatic N) is 2. The van der Waals surface area contributed by atoms with E-state index < -0.39 is 0 Å². The first-order chi connectivity index (χ1) is 8.70. The molecule has 0 aromatic heterocycles. The third-order valence-corrected chi connectivity index (χ3v) is 4.39. The minimum absolute atomic E-state index is 0.338. The Morgan fingerprint density at radius 3 is 2.72 bits per heavy atom. The van der Waals surface area contributed by atoms with Crippen LogP contribution in [0.25, 0.3) is 0 Å². The Labute approximate surface area is 111 Å². The van der Waals surface area contributed by atoms with Crippen molar-refractivity contribution >= 4 is 5.91 Å². The molecular weight excluding hydrogens is 226 g/mol. The molecule has 2 fully saturated rings. The predicted molar refractivity (Wildman–Crippen MR) is 73.5 cm³/mol. The topological polar surface area (TPSA) is 35.6 Å². The Morgan fingerprint density at radius 1 is 1.28 bits per heavy atom. The van der Waals surface area contributed by atoms with E-state index in [-0.39, 0.29) is 0 Å². The van der Waals surface area contributed by atoms with Gasteiger partial charge in [-0.15, -0.1) is 0 Å². The minimum atomic E-state index is 0.338. The van der Waals surface area contributed by atoms with Crippen LogP contribution in [0.15, 0.2) is 0 Å². The van der Waals surface area contributed by atoms with Gasteiger partial charge in [0, 0.05) is 19.1 Å². The van der Waals surface area contributed by atoms with E-state index in [2.05, 4.69) is 22.0 Å². The SMILES string of the molecule is CNCC1CCCN(C(=O)CN2CCCC2C)C1. The van der Waals surface area contributed by atoms with E-state index in [4.69, 9.17) is 0 Å². The van der Waals surface area contributed by atoms with Crippen LogP contribution < -0.4 is 5.32 Å². The zero-order valence-corrected chi connectivity index (χ0v) is 11.8. The zero-order chi connectivity index (χ0) is 13.0. The van der Waals surface area contributed by atoms with Crippen LogP contribution in [0.3, 0.4) is 0 Å². The van der Waals surface area contributed by atoms with Crippen LogP contribution in [-0.2, 0) is 4.79 Å². The summed E-state index contributed by atoms with van der Waals surface area (Å²) in [6.07, 6.45) is 4.91. The molecule has 104 valence electrons. The molecule has 0 aliphatic carbocycles. The summed E-state index contributed by atoms with van der Waals surface area (Å²) < 4.78 is 0. The van der Waals surface area contributed by atoms with Gasteiger partial charge < -0.3 is 10.2 Å². The van der Waals surface area contributed by atoms with Gasteiger partial charge in [0.15, 0.2) is 0 Å². The average molecular weight is 253 g/mol. The van der Waals surface area contributed by atoms with Gasteiger partial charge in [0.25, 0.3) is 0 Å². The lowest BCUT2D eigenvalue weighted by atomic mass is 9.98. The van der Waals surface area contributed by atoms with E-state index in [1.807, 2.05) is 7.05 Å². The standard InChI is InChI=1S/C14H27N3O/c1-12-5-3-7-16(12)11-14(18)17-8-4-6-13(10-17)9-15-2/h12-13,15H,3-11H2,1-2H3. The molecule has 18 heavy (non-hydrogen) atoms. The number of hydrogen-bond donors (Lipinski definition) is 1. The average Bonchev–Trinajstić information content (AvgIpc) is 2.76. The molecule has 0 saturated carbocycles. The number of likely N-dealkylation sites (tertiary alicyclic amines) is 2. The van der Waals surface area contributed by atoms with E-state index in [9.17, 15) is 4.79 Å². The lowest BCUT2D eigenvalue weighted by molar-refractivity contribution is -0.134. The molecule has 4 nitrogen and oxygen atoms in total. The predicted octanol–water partition coefficient (Wildman–Crippen LogP) is 0.929. The van der Waals surface area contributed by atoms with Crippen LogP contribution in [0.5, 0.6) is 0 Å². The second-order valence-electron chi connectivity index (χ2n) is 5.87. The number of carbonyl (C=O) groups is 1. The molecule has 2 aliphatic rings. The third-order valence-electron chi connectivity index (χ3n) is 4.39. The summed E-state index contributed by atoms with van der Waals surface area (Å²) in [4.78, 5) is 16.7.